The summed E-state index contributed by atoms with van der Waals surface area (Å²) in [4.78, 5) is 0. The summed E-state index contributed by atoms with van der Waals surface area (Å²) in [6, 6.07) is 4.90. The highest BCUT2D eigenvalue weighted by Crippen LogP contribution is 2.29. The molecule has 18 heavy (non-hydrogen) atoms. The molecule has 1 aromatic rings. The molecule has 0 saturated heterocycles. The standard InChI is InChI=1S/C11H17NO5S/c1-16-10-5-4-8(6-11(10)17-2)9(13)7-12-18(3,14)15/h4-6,9,12-13H,7H2,1-3H3. The Kier molecular flexibility index (Phi) is 4.94. The van der Waals surface area contributed by atoms with E-state index >= 15 is 0 Å². The molecule has 0 radical (unpaired) electrons. The second-order valence-electron chi connectivity index (χ2n) is 3.75. The van der Waals surface area contributed by atoms with Crippen LogP contribution in [0.4, 0.5) is 0 Å². The average molecular weight is 275 g/mol. The van der Waals surface area contributed by atoms with Gasteiger partial charge >= 0.3 is 0 Å². The Balaban J connectivity index is 2.83. The minimum Gasteiger partial charge on any atom is -0.493 e. The Morgan fingerprint density at radius 3 is 2.39 bits per heavy atom. The number of sulfonamides is 1. The van der Waals surface area contributed by atoms with Crippen LogP contribution in [0, 0.1) is 0 Å². The molecule has 6 nitrogen and oxygen atoms in total. The van der Waals surface area contributed by atoms with Crippen LogP contribution >= 0.6 is 0 Å². The van der Waals surface area contributed by atoms with Crippen LogP contribution in [0.1, 0.15) is 11.7 Å². The maximum absolute atomic E-state index is 10.9. The van der Waals surface area contributed by atoms with E-state index in [9.17, 15) is 13.5 Å². The molecule has 1 aromatic carbocycles. The number of rotatable bonds is 6. The molecule has 0 aromatic heterocycles. The van der Waals surface area contributed by atoms with E-state index in [0.29, 0.717) is 17.1 Å². The van der Waals surface area contributed by atoms with E-state index in [2.05, 4.69) is 4.72 Å². The fourth-order valence-electron chi connectivity index (χ4n) is 1.41. The van der Waals surface area contributed by atoms with E-state index in [1.165, 1.54) is 14.2 Å². The predicted octanol–water partition coefficient (Wildman–Crippen LogP) is 0.286. The van der Waals surface area contributed by atoms with Gasteiger partial charge in [-0.15, -0.1) is 0 Å². The van der Waals surface area contributed by atoms with Crippen molar-refractivity contribution in [3.8, 4) is 11.5 Å². The summed E-state index contributed by atoms with van der Waals surface area (Å²) >= 11 is 0. The Bertz CT molecular complexity index is 500. The molecule has 0 amide bonds. The van der Waals surface area contributed by atoms with Gasteiger partial charge in [0.25, 0.3) is 0 Å². The lowest BCUT2D eigenvalue weighted by atomic mass is 10.1. The molecule has 102 valence electrons. The van der Waals surface area contributed by atoms with Crippen molar-refractivity contribution in [2.45, 2.75) is 6.10 Å². The summed E-state index contributed by atoms with van der Waals surface area (Å²) < 4.78 is 34.2. The summed E-state index contributed by atoms with van der Waals surface area (Å²) in [5, 5.41) is 9.84. The molecule has 2 N–H and O–H groups in total. The van der Waals surface area contributed by atoms with Gasteiger partial charge in [-0.05, 0) is 17.7 Å². The summed E-state index contributed by atoms with van der Waals surface area (Å²) in [6.45, 7) is -0.0890. The minimum absolute atomic E-state index is 0.0890. The smallest absolute Gasteiger partial charge is 0.208 e. The van der Waals surface area contributed by atoms with Crippen molar-refractivity contribution in [2.24, 2.45) is 0 Å². The van der Waals surface area contributed by atoms with Crippen LogP contribution < -0.4 is 14.2 Å². The third-order valence-electron chi connectivity index (χ3n) is 2.33. The van der Waals surface area contributed by atoms with Crippen molar-refractivity contribution in [1.29, 1.82) is 0 Å². The third kappa shape index (κ3) is 4.17. The van der Waals surface area contributed by atoms with Crippen LogP contribution in [0.15, 0.2) is 18.2 Å². The number of ether oxygens (including phenoxy) is 2. The van der Waals surface area contributed by atoms with Crippen molar-refractivity contribution in [2.75, 3.05) is 27.0 Å². The van der Waals surface area contributed by atoms with Gasteiger partial charge in [-0.25, -0.2) is 13.1 Å². The quantitative estimate of drug-likeness (QED) is 0.779. The number of aliphatic hydroxyl groups is 1. The fourth-order valence-corrected chi connectivity index (χ4v) is 1.87. The summed E-state index contributed by atoms with van der Waals surface area (Å²) in [7, 11) is -0.320. The van der Waals surface area contributed by atoms with Crippen molar-refractivity contribution in [1.82, 2.24) is 4.72 Å². The number of nitrogens with one attached hydrogen (secondary N) is 1. The molecular formula is C11H17NO5S. The van der Waals surface area contributed by atoms with Crippen LogP contribution in [-0.4, -0.2) is 40.5 Å². The molecule has 0 bridgehead atoms. The Morgan fingerprint density at radius 1 is 1.28 bits per heavy atom. The molecule has 0 heterocycles. The van der Waals surface area contributed by atoms with E-state index in [1.807, 2.05) is 0 Å². The number of hydrogen-bond acceptors (Lipinski definition) is 5. The monoisotopic (exact) mass is 275 g/mol. The van der Waals surface area contributed by atoms with Gasteiger partial charge in [0.05, 0.1) is 26.6 Å². The van der Waals surface area contributed by atoms with E-state index in [4.69, 9.17) is 9.47 Å². The highest BCUT2D eigenvalue weighted by atomic mass is 32.2. The van der Waals surface area contributed by atoms with Crippen molar-refractivity contribution < 1.29 is 23.0 Å². The summed E-state index contributed by atoms with van der Waals surface area (Å²) in [5.41, 5.74) is 0.545. The molecule has 0 fully saturated rings. The van der Waals surface area contributed by atoms with Crippen LogP contribution in [0.3, 0.4) is 0 Å². The zero-order valence-electron chi connectivity index (χ0n) is 10.5. The molecule has 0 aliphatic carbocycles. The molecule has 0 aliphatic rings. The Hall–Kier alpha value is -1.31. The lowest BCUT2D eigenvalue weighted by molar-refractivity contribution is 0.181. The first-order valence-corrected chi connectivity index (χ1v) is 7.11. The number of methoxy groups -OCH3 is 2. The van der Waals surface area contributed by atoms with Gasteiger partial charge in [0.1, 0.15) is 0 Å². The largest absolute Gasteiger partial charge is 0.493 e. The maximum atomic E-state index is 10.9. The highest BCUT2D eigenvalue weighted by Gasteiger charge is 2.13. The Morgan fingerprint density at radius 2 is 1.89 bits per heavy atom. The summed E-state index contributed by atoms with van der Waals surface area (Å²) in [6.07, 6.45) is 0.0912. The maximum Gasteiger partial charge on any atom is 0.208 e. The van der Waals surface area contributed by atoms with Crippen molar-refractivity contribution in [3.63, 3.8) is 0 Å². The lowest BCUT2D eigenvalue weighted by Crippen LogP contribution is -2.27. The van der Waals surface area contributed by atoms with E-state index in [0.717, 1.165) is 6.26 Å². The topological polar surface area (TPSA) is 84.9 Å². The summed E-state index contributed by atoms with van der Waals surface area (Å²) in [5.74, 6) is 1.03. The number of hydrogen-bond donors (Lipinski definition) is 2. The molecule has 1 rings (SSSR count). The van der Waals surface area contributed by atoms with Gasteiger partial charge in [-0.2, -0.15) is 0 Å². The third-order valence-corrected chi connectivity index (χ3v) is 3.02. The van der Waals surface area contributed by atoms with Crippen molar-refractivity contribution in [3.05, 3.63) is 23.8 Å². The second kappa shape index (κ2) is 6.03. The fraction of sp³-hybridized carbons (Fsp3) is 0.455. The second-order valence-corrected chi connectivity index (χ2v) is 5.58. The molecular weight excluding hydrogens is 258 g/mol. The Labute approximate surface area is 107 Å². The van der Waals surface area contributed by atoms with Gasteiger partial charge < -0.3 is 14.6 Å². The van der Waals surface area contributed by atoms with Crippen LogP contribution in [0.5, 0.6) is 11.5 Å². The predicted molar refractivity (Wildman–Crippen MR) is 67.4 cm³/mol. The molecule has 7 heteroatoms. The van der Waals surface area contributed by atoms with Crippen LogP contribution in [0.25, 0.3) is 0 Å². The molecule has 0 spiro atoms. The average Bonchev–Trinajstić information content (AvgIpc) is 2.34. The first kappa shape index (κ1) is 14.7. The van der Waals surface area contributed by atoms with Crippen molar-refractivity contribution >= 4 is 10.0 Å². The van der Waals surface area contributed by atoms with E-state index in [-0.39, 0.29) is 6.54 Å². The molecule has 1 unspecified atom stereocenters. The normalized spacial score (nSPS) is 13.1. The van der Waals surface area contributed by atoms with Gasteiger partial charge in [-0.3, -0.25) is 0 Å². The van der Waals surface area contributed by atoms with E-state index < -0.39 is 16.1 Å². The molecule has 1 atom stereocenters. The zero-order chi connectivity index (χ0) is 13.8. The first-order valence-electron chi connectivity index (χ1n) is 5.22. The zero-order valence-corrected chi connectivity index (χ0v) is 11.3. The SMILES string of the molecule is COc1ccc(C(O)CNS(C)(=O)=O)cc1OC. The van der Waals surface area contributed by atoms with Gasteiger partial charge in [0, 0.05) is 6.54 Å². The van der Waals surface area contributed by atoms with E-state index in [1.54, 1.807) is 18.2 Å². The minimum atomic E-state index is -3.32. The van der Waals surface area contributed by atoms with Gasteiger partial charge in [0.2, 0.25) is 10.0 Å². The van der Waals surface area contributed by atoms with Gasteiger partial charge in [0.15, 0.2) is 11.5 Å². The van der Waals surface area contributed by atoms with Gasteiger partial charge in [-0.1, -0.05) is 6.07 Å². The number of benzene rings is 1. The number of aliphatic hydroxyl groups excluding tert-OH is 1. The highest BCUT2D eigenvalue weighted by molar-refractivity contribution is 7.88. The molecule has 0 aliphatic heterocycles. The van der Waals surface area contributed by atoms with Crippen LogP contribution in [0.2, 0.25) is 0 Å². The molecule has 0 saturated carbocycles. The lowest BCUT2D eigenvalue weighted by Gasteiger charge is -2.14. The first-order chi connectivity index (χ1) is 8.37. The van der Waals surface area contributed by atoms with Crippen LogP contribution in [-0.2, 0) is 10.0 Å².